The first-order valence-corrected chi connectivity index (χ1v) is 16.3. The zero-order chi connectivity index (χ0) is 31.6. The molecule has 0 unspecified atom stereocenters. The van der Waals surface area contributed by atoms with Gasteiger partial charge in [-0.25, -0.2) is 38.0 Å². The van der Waals surface area contributed by atoms with Crippen LogP contribution in [-0.4, -0.2) is 74.0 Å². The number of nitrogens with one attached hydrogen (secondary N) is 1. The highest BCUT2D eigenvalue weighted by molar-refractivity contribution is 7.51. The molecule has 11 nitrogen and oxygen atoms in total. The van der Waals surface area contributed by atoms with E-state index in [1.165, 1.54) is 6.07 Å². The Hall–Kier alpha value is -3.35. The number of nitrogens with zero attached hydrogens (tertiary/aromatic N) is 7. The lowest BCUT2D eigenvalue weighted by Crippen LogP contribution is -2.36. The van der Waals surface area contributed by atoms with Gasteiger partial charge in [-0.05, 0) is 65.4 Å². The second-order valence-corrected chi connectivity index (χ2v) is 13.1. The Morgan fingerprint density at radius 3 is 2.55 bits per heavy atom. The number of aryl methyl sites for hydroxylation is 1. The molecule has 3 aromatic heterocycles. The summed E-state index contributed by atoms with van der Waals surface area (Å²) in [5, 5.41) is 3.08. The standard InChI is InChI=1S/C30H39F2N8O3P/c1-7-42-44(41,43-8-2)38(6)13-14-39-12-11-25-21(18-39)9-10-27(35-25)36-30-33-17-24(32)28(37-30)22-15-23(31)29-26(16-22)40(19(3)4)20(5)34-29/h9-10,15-17,19H,7-8,11-14,18H2,1-6H3,(H,33,35,36,37). The summed E-state index contributed by atoms with van der Waals surface area (Å²) in [4.78, 5) is 19.9. The molecule has 0 saturated carbocycles. The van der Waals surface area contributed by atoms with Crippen LogP contribution in [0.2, 0.25) is 0 Å². The Balaban J connectivity index is 1.29. The number of rotatable bonds is 12. The fourth-order valence-corrected chi connectivity index (χ4v) is 6.96. The summed E-state index contributed by atoms with van der Waals surface area (Å²) in [5.74, 6) is 0.154. The van der Waals surface area contributed by atoms with Gasteiger partial charge in [0, 0.05) is 49.9 Å². The van der Waals surface area contributed by atoms with E-state index in [1.54, 1.807) is 31.6 Å². The third kappa shape index (κ3) is 6.67. The number of aromatic nitrogens is 5. The summed E-state index contributed by atoms with van der Waals surface area (Å²) in [5.41, 5.74) is 3.13. The zero-order valence-corrected chi connectivity index (χ0v) is 26.9. The molecule has 0 aliphatic carbocycles. The van der Waals surface area contributed by atoms with Crippen molar-refractivity contribution in [3.05, 3.63) is 59.2 Å². The van der Waals surface area contributed by atoms with Crippen LogP contribution in [0.25, 0.3) is 22.3 Å². The van der Waals surface area contributed by atoms with Crippen LogP contribution < -0.4 is 5.32 Å². The van der Waals surface area contributed by atoms with E-state index >= 15 is 4.39 Å². The largest absolute Gasteiger partial charge is 0.407 e. The molecule has 0 bridgehead atoms. The third-order valence-electron chi connectivity index (χ3n) is 7.57. The number of benzene rings is 1. The van der Waals surface area contributed by atoms with Gasteiger partial charge in [-0.15, -0.1) is 0 Å². The quantitative estimate of drug-likeness (QED) is 0.180. The number of likely N-dealkylation sites (N-methyl/N-ethyl adjacent to an activating group) is 1. The van der Waals surface area contributed by atoms with Crippen LogP contribution in [0.4, 0.5) is 20.5 Å². The summed E-state index contributed by atoms with van der Waals surface area (Å²) in [6.45, 7) is 12.7. The second-order valence-electron chi connectivity index (χ2n) is 11.0. The van der Waals surface area contributed by atoms with Crippen LogP contribution in [0.1, 0.15) is 50.8 Å². The van der Waals surface area contributed by atoms with Crippen molar-refractivity contribution in [2.75, 3.05) is 45.2 Å². The summed E-state index contributed by atoms with van der Waals surface area (Å²) in [7, 11) is -1.55. The number of hydrogen-bond donors (Lipinski definition) is 1. The average molecular weight is 629 g/mol. The number of imidazole rings is 1. The van der Waals surface area contributed by atoms with E-state index < -0.39 is 19.4 Å². The maximum Gasteiger partial charge on any atom is 0.407 e. The third-order valence-corrected chi connectivity index (χ3v) is 9.77. The number of halogens is 2. The molecule has 0 fully saturated rings. The molecule has 1 N–H and O–H groups in total. The van der Waals surface area contributed by atoms with E-state index in [9.17, 15) is 8.96 Å². The summed E-state index contributed by atoms with van der Waals surface area (Å²) >= 11 is 0. The number of fused-ring (bicyclic) bond motifs is 2. The van der Waals surface area contributed by atoms with Crippen molar-refractivity contribution in [1.29, 1.82) is 0 Å². The number of hydrogen-bond acceptors (Lipinski definition) is 9. The molecular weight excluding hydrogens is 589 g/mol. The highest BCUT2D eigenvalue weighted by Crippen LogP contribution is 2.50. The Bertz CT molecular complexity index is 1690. The van der Waals surface area contributed by atoms with E-state index in [4.69, 9.17) is 14.0 Å². The van der Waals surface area contributed by atoms with Crippen molar-refractivity contribution in [2.45, 2.75) is 53.6 Å². The van der Waals surface area contributed by atoms with Gasteiger partial charge < -0.3 is 9.88 Å². The van der Waals surface area contributed by atoms with E-state index in [-0.39, 0.29) is 23.2 Å². The maximum atomic E-state index is 15.1. The summed E-state index contributed by atoms with van der Waals surface area (Å²) < 4.78 is 57.5. The highest BCUT2D eigenvalue weighted by atomic mass is 31.2. The molecule has 0 amide bonds. The van der Waals surface area contributed by atoms with Gasteiger partial charge in [0.1, 0.15) is 22.9 Å². The molecule has 1 aromatic carbocycles. The molecule has 236 valence electrons. The van der Waals surface area contributed by atoms with Crippen LogP contribution in [0.3, 0.4) is 0 Å². The molecule has 5 rings (SSSR count). The minimum Gasteiger partial charge on any atom is -0.326 e. The van der Waals surface area contributed by atoms with Crippen LogP contribution in [0.5, 0.6) is 0 Å². The Morgan fingerprint density at radius 1 is 1.09 bits per heavy atom. The van der Waals surface area contributed by atoms with Crippen molar-refractivity contribution in [2.24, 2.45) is 0 Å². The van der Waals surface area contributed by atoms with Gasteiger partial charge in [0.25, 0.3) is 0 Å². The molecule has 1 aliphatic rings. The van der Waals surface area contributed by atoms with Gasteiger partial charge in [0.15, 0.2) is 11.6 Å². The van der Waals surface area contributed by atoms with Crippen LogP contribution in [0.15, 0.2) is 30.5 Å². The first-order chi connectivity index (χ1) is 21.0. The van der Waals surface area contributed by atoms with Crippen molar-refractivity contribution < 1.29 is 22.4 Å². The Labute approximate surface area is 256 Å². The lowest BCUT2D eigenvalue weighted by atomic mass is 10.1. The minimum atomic E-state index is -3.30. The van der Waals surface area contributed by atoms with Gasteiger partial charge in [-0.3, -0.25) is 13.9 Å². The fourth-order valence-electron chi connectivity index (χ4n) is 5.51. The fraction of sp³-hybridized carbons (Fsp3) is 0.467. The van der Waals surface area contributed by atoms with Gasteiger partial charge in [0.2, 0.25) is 5.95 Å². The Kier molecular flexibility index (Phi) is 9.71. The number of anilines is 2. The number of pyridine rings is 1. The summed E-state index contributed by atoms with van der Waals surface area (Å²) in [6.07, 6.45) is 1.79. The molecule has 1 aliphatic heterocycles. The molecule has 0 saturated heterocycles. The van der Waals surface area contributed by atoms with Crippen LogP contribution in [-0.2, 0) is 26.6 Å². The lowest BCUT2D eigenvalue weighted by molar-refractivity contribution is 0.165. The second kappa shape index (κ2) is 13.3. The van der Waals surface area contributed by atoms with Crippen molar-refractivity contribution in [3.63, 3.8) is 0 Å². The normalized spacial score (nSPS) is 14.1. The van der Waals surface area contributed by atoms with Gasteiger partial charge >= 0.3 is 7.75 Å². The molecular formula is C30H39F2N8O3P. The molecule has 44 heavy (non-hydrogen) atoms. The minimum absolute atomic E-state index is 0.0192. The molecule has 14 heteroatoms. The molecule has 0 radical (unpaired) electrons. The predicted octanol–water partition coefficient (Wildman–Crippen LogP) is 6.27. The smallest absolute Gasteiger partial charge is 0.326 e. The maximum absolute atomic E-state index is 15.1. The average Bonchev–Trinajstić information content (AvgIpc) is 3.33. The predicted molar refractivity (Wildman–Crippen MR) is 166 cm³/mol. The van der Waals surface area contributed by atoms with Gasteiger partial charge in [-0.2, -0.15) is 0 Å². The van der Waals surface area contributed by atoms with Crippen LogP contribution in [0, 0.1) is 18.6 Å². The van der Waals surface area contributed by atoms with Gasteiger partial charge in [-0.1, -0.05) is 6.07 Å². The van der Waals surface area contributed by atoms with E-state index in [2.05, 4.69) is 25.2 Å². The Morgan fingerprint density at radius 2 is 1.84 bits per heavy atom. The first-order valence-electron chi connectivity index (χ1n) is 14.8. The zero-order valence-electron chi connectivity index (χ0n) is 26.0. The van der Waals surface area contributed by atoms with E-state index in [0.29, 0.717) is 55.6 Å². The molecule has 4 heterocycles. The first kappa shape index (κ1) is 32.1. The van der Waals surface area contributed by atoms with E-state index in [1.807, 2.05) is 37.5 Å². The topological polar surface area (TPSA) is 111 Å². The molecule has 4 aromatic rings. The highest BCUT2D eigenvalue weighted by Gasteiger charge is 2.30. The monoisotopic (exact) mass is 628 g/mol. The van der Waals surface area contributed by atoms with Gasteiger partial charge in [0.05, 0.1) is 24.9 Å². The van der Waals surface area contributed by atoms with E-state index in [0.717, 1.165) is 30.4 Å². The summed E-state index contributed by atoms with van der Waals surface area (Å²) in [6, 6.07) is 6.83. The van der Waals surface area contributed by atoms with Crippen molar-refractivity contribution in [3.8, 4) is 11.3 Å². The molecule has 0 spiro atoms. The lowest BCUT2D eigenvalue weighted by Gasteiger charge is -2.31. The van der Waals surface area contributed by atoms with Crippen molar-refractivity contribution in [1.82, 2.24) is 34.1 Å². The molecule has 0 atom stereocenters. The SMILES string of the molecule is CCOP(=O)(OCC)N(C)CCN1CCc2nc(Nc3ncc(F)c(-c4cc(F)c5nc(C)n(C(C)C)c5c4)n3)ccc2C1. The van der Waals surface area contributed by atoms with Crippen LogP contribution >= 0.6 is 7.75 Å². The van der Waals surface area contributed by atoms with Crippen molar-refractivity contribution >= 4 is 30.5 Å².